The summed E-state index contributed by atoms with van der Waals surface area (Å²) in [7, 11) is 0. The van der Waals surface area contributed by atoms with E-state index in [0.717, 1.165) is 12.8 Å². The van der Waals surface area contributed by atoms with Crippen LogP contribution in [0, 0.1) is 12.3 Å². The Morgan fingerprint density at radius 1 is 1.42 bits per heavy atom. The van der Waals surface area contributed by atoms with Gasteiger partial charge in [-0.05, 0) is 45.1 Å². The predicted molar refractivity (Wildman–Crippen MR) is 77.9 cm³/mol. The Morgan fingerprint density at radius 2 is 2.11 bits per heavy atom. The van der Waals surface area contributed by atoms with Gasteiger partial charge in [0.05, 0.1) is 5.41 Å². The molecule has 1 saturated carbocycles. The Balaban J connectivity index is 1.79. The highest BCUT2D eigenvalue weighted by molar-refractivity contribution is 5.80. The first-order valence-corrected chi connectivity index (χ1v) is 6.98. The molecule has 0 saturated heterocycles. The third kappa shape index (κ3) is 3.35. The predicted octanol–water partition coefficient (Wildman–Crippen LogP) is 2.34. The highest BCUT2D eigenvalue weighted by atomic mass is 16.1. The highest BCUT2D eigenvalue weighted by Crippen LogP contribution is 2.37. The molecular weight excluding hydrogens is 236 g/mol. The maximum atomic E-state index is 11.2. The molecule has 0 radical (unpaired) electrons. The molecule has 3 heteroatoms. The van der Waals surface area contributed by atoms with Gasteiger partial charge in [-0.25, -0.2) is 0 Å². The molecule has 1 amide bonds. The molecule has 0 unspecified atom stereocenters. The minimum Gasteiger partial charge on any atom is -0.369 e. The van der Waals surface area contributed by atoms with Crippen LogP contribution in [-0.4, -0.2) is 18.5 Å². The van der Waals surface area contributed by atoms with E-state index in [0.29, 0.717) is 18.5 Å². The van der Waals surface area contributed by atoms with Crippen molar-refractivity contribution in [2.24, 2.45) is 11.1 Å². The Bertz CT molecular complexity index is 462. The number of amides is 1. The third-order valence-electron chi connectivity index (χ3n) is 4.15. The number of aryl methyl sites for hydroxylation is 1. The van der Waals surface area contributed by atoms with Crippen LogP contribution in [0.15, 0.2) is 24.3 Å². The van der Waals surface area contributed by atoms with E-state index in [1.807, 2.05) is 13.8 Å². The van der Waals surface area contributed by atoms with Crippen molar-refractivity contribution < 1.29 is 4.79 Å². The third-order valence-corrected chi connectivity index (χ3v) is 4.15. The molecule has 1 aliphatic rings. The molecule has 0 atom stereocenters. The SMILES string of the molecule is Cc1cccc(C2CC(NCC(C)(C)C(N)=O)C2)c1. The lowest BCUT2D eigenvalue weighted by atomic mass is 9.75. The molecule has 1 aromatic carbocycles. The fourth-order valence-electron chi connectivity index (χ4n) is 2.47. The van der Waals surface area contributed by atoms with Gasteiger partial charge in [-0.15, -0.1) is 0 Å². The van der Waals surface area contributed by atoms with Crippen molar-refractivity contribution in [1.82, 2.24) is 5.32 Å². The molecule has 104 valence electrons. The largest absolute Gasteiger partial charge is 0.369 e. The monoisotopic (exact) mass is 260 g/mol. The van der Waals surface area contributed by atoms with Crippen molar-refractivity contribution >= 4 is 5.91 Å². The fraction of sp³-hybridized carbons (Fsp3) is 0.562. The molecule has 1 fully saturated rings. The van der Waals surface area contributed by atoms with Crippen LogP contribution in [-0.2, 0) is 4.79 Å². The molecule has 3 N–H and O–H groups in total. The number of carbonyl (C=O) groups is 1. The van der Waals surface area contributed by atoms with E-state index in [4.69, 9.17) is 5.73 Å². The first-order chi connectivity index (χ1) is 8.88. The number of primary amides is 1. The van der Waals surface area contributed by atoms with Crippen LogP contribution in [0.1, 0.15) is 43.7 Å². The second-order valence-corrected chi connectivity index (χ2v) is 6.41. The zero-order valence-corrected chi connectivity index (χ0v) is 12.1. The van der Waals surface area contributed by atoms with Crippen molar-refractivity contribution in [2.45, 2.75) is 45.6 Å². The van der Waals surface area contributed by atoms with E-state index in [9.17, 15) is 4.79 Å². The maximum absolute atomic E-state index is 11.2. The molecular formula is C16H24N2O. The van der Waals surface area contributed by atoms with E-state index in [1.54, 1.807) is 0 Å². The molecule has 0 bridgehead atoms. The topological polar surface area (TPSA) is 55.1 Å². The van der Waals surface area contributed by atoms with E-state index in [1.165, 1.54) is 11.1 Å². The number of nitrogens with two attached hydrogens (primary N) is 1. The average molecular weight is 260 g/mol. The molecule has 0 aliphatic heterocycles. The standard InChI is InChI=1S/C16H24N2O/c1-11-5-4-6-12(7-11)13-8-14(9-13)18-10-16(2,3)15(17)19/h4-7,13-14,18H,8-10H2,1-3H3,(H2,17,19). The van der Waals surface area contributed by atoms with Gasteiger partial charge in [0.25, 0.3) is 0 Å². The summed E-state index contributed by atoms with van der Waals surface area (Å²) in [6, 6.07) is 9.26. The van der Waals surface area contributed by atoms with Gasteiger partial charge in [-0.1, -0.05) is 29.8 Å². The van der Waals surface area contributed by atoms with Crippen LogP contribution in [0.5, 0.6) is 0 Å². The smallest absolute Gasteiger partial charge is 0.224 e. The zero-order valence-electron chi connectivity index (χ0n) is 12.1. The lowest BCUT2D eigenvalue weighted by Gasteiger charge is -2.38. The minimum atomic E-state index is -0.464. The second-order valence-electron chi connectivity index (χ2n) is 6.41. The minimum absolute atomic E-state index is 0.241. The van der Waals surface area contributed by atoms with Crippen LogP contribution in [0.25, 0.3) is 0 Å². The Hall–Kier alpha value is -1.35. The van der Waals surface area contributed by atoms with Crippen molar-refractivity contribution in [2.75, 3.05) is 6.54 Å². The molecule has 0 aromatic heterocycles. The fourth-order valence-corrected chi connectivity index (χ4v) is 2.47. The first-order valence-electron chi connectivity index (χ1n) is 6.98. The number of hydrogen-bond donors (Lipinski definition) is 2. The van der Waals surface area contributed by atoms with Crippen molar-refractivity contribution in [3.05, 3.63) is 35.4 Å². The normalized spacial score (nSPS) is 22.9. The van der Waals surface area contributed by atoms with Crippen LogP contribution in [0.3, 0.4) is 0 Å². The average Bonchev–Trinajstić information content (AvgIpc) is 2.26. The van der Waals surface area contributed by atoms with Gasteiger partial charge < -0.3 is 11.1 Å². The second kappa shape index (κ2) is 5.33. The van der Waals surface area contributed by atoms with Gasteiger partial charge in [0.15, 0.2) is 0 Å². The van der Waals surface area contributed by atoms with Gasteiger partial charge in [0.2, 0.25) is 5.91 Å². The molecule has 0 heterocycles. The highest BCUT2D eigenvalue weighted by Gasteiger charge is 2.32. The van der Waals surface area contributed by atoms with Gasteiger partial charge in [0.1, 0.15) is 0 Å². The number of hydrogen-bond acceptors (Lipinski definition) is 2. The molecule has 2 rings (SSSR count). The molecule has 19 heavy (non-hydrogen) atoms. The summed E-state index contributed by atoms with van der Waals surface area (Å²) < 4.78 is 0. The Morgan fingerprint density at radius 3 is 2.68 bits per heavy atom. The van der Waals surface area contributed by atoms with Crippen molar-refractivity contribution in [1.29, 1.82) is 0 Å². The summed E-state index contributed by atoms with van der Waals surface area (Å²) in [5.41, 5.74) is 7.67. The number of carbonyl (C=O) groups excluding carboxylic acids is 1. The molecule has 3 nitrogen and oxygen atoms in total. The van der Waals surface area contributed by atoms with Gasteiger partial charge >= 0.3 is 0 Å². The van der Waals surface area contributed by atoms with Crippen LogP contribution < -0.4 is 11.1 Å². The lowest BCUT2D eigenvalue weighted by Crippen LogP contribution is -2.47. The van der Waals surface area contributed by atoms with Gasteiger partial charge in [-0.2, -0.15) is 0 Å². The number of benzene rings is 1. The first kappa shape index (κ1) is 14.1. The zero-order chi connectivity index (χ0) is 14.0. The molecule has 1 aliphatic carbocycles. The van der Waals surface area contributed by atoms with Crippen LogP contribution in [0.2, 0.25) is 0 Å². The Kier molecular flexibility index (Phi) is 3.95. The van der Waals surface area contributed by atoms with E-state index >= 15 is 0 Å². The van der Waals surface area contributed by atoms with Gasteiger partial charge in [0, 0.05) is 12.6 Å². The van der Waals surface area contributed by atoms with Crippen molar-refractivity contribution in [3.63, 3.8) is 0 Å². The maximum Gasteiger partial charge on any atom is 0.224 e. The summed E-state index contributed by atoms with van der Waals surface area (Å²) in [6.07, 6.45) is 2.30. The summed E-state index contributed by atoms with van der Waals surface area (Å²) in [5, 5.41) is 3.45. The number of rotatable bonds is 5. The van der Waals surface area contributed by atoms with Gasteiger partial charge in [-0.3, -0.25) is 4.79 Å². The summed E-state index contributed by atoms with van der Waals surface area (Å²) >= 11 is 0. The Labute approximate surface area is 115 Å². The van der Waals surface area contributed by atoms with Crippen LogP contribution in [0.4, 0.5) is 0 Å². The summed E-state index contributed by atoms with van der Waals surface area (Å²) in [6.45, 7) is 6.57. The van der Waals surface area contributed by atoms with E-state index in [-0.39, 0.29) is 5.91 Å². The van der Waals surface area contributed by atoms with E-state index in [2.05, 4.69) is 36.5 Å². The van der Waals surface area contributed by atoms with Crippen LogP contribution >= 0.6 is 0 Å². The number of nitrogens with one attached hydrogen (secondary N) is 1. The summed E-state index contributed by atoms with van der Waals surface area (Å²) in [5.74, 6) is 0.420. The molecule has 0 spiro atoms. The van der Waals surface area contributed by atoms with Crippen molar-refractivity contribution in [3.8, 4) is 0 Å². The van der Waals surface area contributed by atoms with E-state index < -0.39 is 5.41 Å². The summed E-state index contributed by atoms with van der Waals surface area (Å²) in [4.78, 5) is 11.2. The molecule has 1 aromatic rings. The lowest BCUT2D eigenvalue weighted by molar-refractivity contribution is -0.125. The quantitative estimate of drug-likeness (QED) is 0.854.